The molecule has 4 aromatic rings. The quantitative estimate of drug-likeness (QED) is 0.327. The van der Waals surface area contributed by atoms with Crippen LogP contribution in [0.4, 0.5) is 14.6 Å². The number of amides is 1. The van der Waals surface area contributed by atoms with E-state index in [1.54, 1.807) is 17.7 Å². The second-order valence-corrected chi connectivity index (χ2v) is 8.50. The van der Waals surface area contributed by atoms with Crippen molar-refractivity contribution in [2.75, 3.05) is 31.1 Å². The highest BCUT2D eigenvalue weighted by Crippen LogP contribution is 2.26. The van der Waals surface area contributed by atoms with Crippen LogP contribution in [-0.2, 0) is 13.1 Å². The summed E-state index contributed by atoms with van der Waals surface area (Å²) in [6.45, 7) is 4.11. The molecule has 1 amide bonds. The predicted molar refractivity (Wildman–Crippen MR) is 126 cm³/mol. The lowest BCUT2D eigenvalue weighted by Gasteiger charge is -2.35. The number of nitrogens with one attached hydrogen (secondary N) is 1. The Labute approximate surface area is 200 Å². The second-order valence-electron chi connectivity index (χ2n) is 8.50. The predicted octanol–water partition coefficient (Wildman–Crippen LogP) is 3.20. The van der Waals surface area contributed by atoms with E-state index >= 15 is 0 Å². The lowest BCUT2D eigenvalue weighted by molar-refractivity contribution is 0.0701. The summed E-state index contributed by atoms with van der Waals surface area (Å²) in [6.07, 6.45) is 5.24. The van der Waals surface area contributed by atoms with Gasteiger partial charge in [-0.15, -0.1) is 0 Å². The van der Waals surface area contributed by atoms with Gasteiger partial charge in [0.25, 0.3) is 5.91 Å². The summed E-state index contributed by atoms with van der Waals surface area (Å²) in [4.78, 5) is 25.1. The summed E-state index contributed by atoms with van der Waals surface area (Å²) >= 11 is 0. The maximum atomic E-state index is 14.3. The maximum Gasteiger partial charge on any atom is 0.293 e. The molecule has 0 radical (unpaired) electrons. The van der Waals surface area contributed by atoms with Crippen molar-refractivity contribution in [1.82, 2.24) is 24.9 Å². The number of hydroxylamine groups is 1. The first-order valence-electron chi connectivity index (χ1n) is 11.3. The molecule has 0 atom stereocenters. The third-order valence-corrected chi connectivity index (χ3v) is 6.28. The van der Waals surface area contributed by atoms with Gasteiger partial charge in [-0.1, -0.05) is 12.1 Å². The molecule has 35 heavy (non-hydrogen) atoms. The molecule has 0 bridgehead atoms. The van der Waals surface area contributed by atoms with Crippen molar-refractivity contribution in [2.24, 2.45) is 0 Å². The molecule has 3 aromatic heterocycles. The zero-order valence-corrected chi connectivity index (χ0v) is 18.9. The normalized spacial score (nSPS) is 14.4. The molecule has 0 saturated carbocycles. The molecule has 1 aliphatic rings. The number of carbonyl (C=O) groups excluding carboxylic acids is 1. The maximum absolute atomic E-state index is 14.3. The highest BCUT2D eigenvalue weighted by Gasteiger charge is 2.21. The fourth-order valence-electron chi connectivity index (χ4n) is 4.45. The lowest BCUT2D eigenvalue weighted by atomic mass is 10.1. The van der Waals surface area contributed by atoms with E-state index in [-0.39, 0.29) is 12.2 Å². The van der Waals surface area contributed by atoms with E-state index < -0.39 is 17.5 Å². The molecule has 5 rings (SSSR count). The van der Waals surface area contributed by atoms with Crippen LogP contribution in [0, 0.1) is 11.6 Å². The first-order valence-corrected chi connectivity index (χ1v) is 11.3. The van der Waals surface area contributed by atoms with Crippen LogP contribution in [0.3, 0.4) is 0 Å². The van der Waals surface area contributed by atoms with Gasteiger partial charge in [-0.25, -0.2) is 24.2 Å². The SMILES string of the molecule is O=C(NO)c1cc2c(CN3CCN(c4ccccn4)CC3)cn(Cc3ccc(F)cc3F)c2cn1. The largest absolute Gasteiger partial charge is 0.354 e. The lowest BCUT2D eigenvalue weighted by Crippen LogP contribution is -2.46. The van der Waals surface area contributed by atoms with E-state index in [0.29, 0.717) is 17.6 Å². The zero-order chi connectivity index (χ0) is 24.4. The standard InChI is InChI=1S/C25H24F2N6O2/c26-19-5-4-17(21(27)11-19)15-33-16-18(20-12-22(25(34)30-35)29-13-23(20)33)14-31-7-9-32(10-8-31)24-3-1-2-6-28-24/h1-6,11-13,16,35H,7-10,14-15H2,(H,30,34). The Hall–Kier alpha value is -3.89. The smallest absolute Gasteiger partial charge is 0.293 e. The first-order chi connectivity index (χ1) is 17.0. The fourth-order valence-corrected chi connectivity index (χ4v) is 4.45. The molecule has 1 aromatic carbocycles. The van der Waals surface area contributed by atoms with Gasteiger partial charge in [-0.05, 0) is 29.8 Å². The van der Waals surface area contributed by atoms with Gasteiger partial charge in [-0.2, -0.15) is 0 Å². The molecule has 0 unspecified atom stereocenters. The van der Waals surface area contributed by atoms with Gasteiger partial charge in [0.05, 0.1) is 18.3 Å². The molecule has 0 spiro atoms. The number of aromatic nitrogens is 3. The van der Waals surface area contributed by atoms with E-state index in [4.69, 9.17) is 5.21 Å². The summed E-state index contributed by atoms with van der Waals surface area (Å²) in [7, 11) is 0. The molecular weight excluding hydrogens is 454 g/mol. The van der Waals surface area contributed by atoms with Gasteiger partial charge in [0.1, 0.15) is 23.1 Å². The van der Waals surface area contributed by atoms with E-state index in [2.05, 4.69) is 19.8 Å². The van der Waals surface area contributed by atoms with Crippen molar-refractivity contribution < 1.29 is 18.8 Å². The molecule has 10 heteroatoms. The van der Waals surface area contributed by atoms with Gasteiger partial charge >= 0.3 is 0 Å². The van der Waals surface area contributed by atoms with Crippen molar-refractivity contribution >= 4 is 22.6 Å². The van der Waals surface area contributed by atoms with Gasteiger partial charge in [-0.3, -0.25) is 14.9 Å². The Morgan fingerprint density at radius 1 is 1.00 bits per heavy atom. The number of halogens is 2. The molecular formula is C25H24F2N6O2. The Kier molecular flexibility index (Phi) is 6.39. The Balaban J connectivity index is 1.42. The van der Waals surface area contributed by atoms with Crippen molar-refractivity contribution in [3.05, 3.63) is 89.5 Å². The van der Waals surface area contributed by atoms with Crippen LogP contribution in [0.1, 0.15) is 21.6 Å². The number of hydrogen-bond acceptors (Lipinski definition) is 6. The van der Waals surface area contributed by atoms with Gasteiger partial charge < -0.3 is 9.47 Å². The van der Waals surface area contributed by atoms with Crippen LogP contribution in [0.15, 0.2) is 61.1 Å². The van der Waals surface area contributed by atoms with Gasteiger partial charge in [0.2, 0.25) is 0 Å². The molecule has 8 nitrogen and oxygen atoms in total. The highest BCUT2D eigenvalue weighted by molar-refractivity contribution is 5.96. The summed E-state index contributed by atoms with van der Waals surface area (Å²) in [5, 5.41) is 9.81. The Morgan fingerprint density at radius 3 is 2.54 bits per heavy atom. The monoisotopic (exact) mass is 478 g/mol. The zero-order valence-electron chi connectivity index (χ0n) is 18.9. The Morgan fingerprint density at radius 2 is 1.83 bits per heavy atom. The minimum absolute atomic E-state index is 0.0759. The first kappa shape index (κ1) is 22.9. The summed E-state index contributed by atoms with van der Waals surface area (Å²) in [5.41, 5.74) is 3.69. The van der Waals surface area contributed by atoms with E-state index in [1.807, 2.05) is 29.0 Å². The molecule has 0 aliphatic carbocycles. The van der Waals surface area contributed by atoms with Crippen LogP contribution in [0.5, 0.6) is 0 Å². The van der Waals surface area contributed by atoms with Crippen LogP contribution in [-0.4, -0.2) is 56.7 Å². The van der Waals surface area contributed by atoms with E-state index in [9.17, 15) is 13.6 Å². The number of anilines is 1. The molecule has 4 heterocycles. The van der Waals surface area contributed by atoms with E-state index in [1.165, 1.54) is 18.3 Å². The van der Waals surface area contributed by atoms with Crippen LogP contribution >= 0.6 is 0 Å². The average Bonchev–Trinajstić information content (AvgIpc) is 3.22. The highest BCUT2D eigenvalue weighted by atomic mass is 19.1. The number of carbonyl (C=O) groups is 1. The third-order valence-electron chi connectivity index (χ3n) is 6.28. The van der Waals surface area contributed by atoms with Crippen molar-refractivity contribution in [3.63, 3.8) is 0 Å². The van der Waals surface area contributed by atoms with Gasteiger partial charge in [0, 0.05) is 62.1 Å². The van der Waals surface area contributed by atoms with Crippen LogP contribution < -0.4 is 10.4 Å². The molecule has 180 valence electrons. The second kappa shape index (κ2) is 9.77. The number of piperazine rings is 1. The minimum atomic E-state index is -0.709. The Bertz CT molecular complexity index is 1350. The molecule has 1 aliphatic heterocycles. The fraction of sp³-hybridized carbons (Fsp3) is 0.240. The molecule has 1 fully saturated rings. The number of nitrogens with zero attached hydrogens (tertiary/aromatic N) is 5. The van der Waals surface area contributed by atoms with Crippen LogP contribution in [0.2, 0.25) is 0 Å². The molecule has 2 N–H and O–H groups in total. The summed E-state index contributed by atoms with van der Waals surface area (Å²) < 4.78 is 29.6. The summed E-state index contributed by atoms with van der Waals surface area (Å²) in [6, 6.07) is 11.0. The third kappa shape index (κ3) is 4.84. The summed E-state index contributed by atoms with van der Waals surface area (Å²) in [5.74, 6) is -1.01. The number of benzene rings is 1. The number of hydrogen-bond donors (Lipinski definition) is 2. The van der Waals surface area contributed by atoms with Crippen LogP contribution in [0.25, 0.3) is 10.9 Å². The number of fused-ring (bicyclic) bond motifs is 1. The molecule has 1 saturated heterocycles. The topological polar surface area (TPSA) is 86.5 Å². The van der Waals surface area contributed by atoms with Crippen molar-refractivity contribution in [3.8, 4) is 0 Å². The average molecular weight is 479 g/mol. The number of rotatable bonds is 6. The number of pyridine rings is 2. The van der Waals surface area contributed by atoms with Crippen molar-refractivity contribution in [1.29, 1.82) is 0 Å². The van der Waals surface area contributed by atoms with Crippen molar-refractivity contribution in [2.45, 2.75) is 13.1 Å². The van der Waals surface area contributed by atoms with Gasteiger partial charge in [0.15, 0.2) is 0 Å². The van der Waals surface area contributed by atoms with E-state index in [0.717, 1.165) is 49.0 Å². The minimum Gasteiger partial charge on any atom is -0.354 e.